The van der Waals surface area contributed by atoms with Crippen molar-refractivity contribution in [1.82, 2.24) is 5.32 Å². The lowest BCUT2D eigenvalue weighted by atomic mass is 10.1. The van der Waals surface area contributed by atoms with Crippen LogP contribution >= 0.6 is 11.8 Å². The first-order valence-corrected chi connectivity index (χ1v) is 10.6. The second-order valence-corrected chi connectivity index (χ2v) is 8.30. The number of hydrogen-bond donors (Lipinski definition) is 2. The molecule has 29 heavy (non-hydrogen) atoms. The Labute approximate surface area is 175 Å². The highest BCUT2D eigenvalue weighted by Crippen LogP contribution is 2.39. The number of carbonyl (C=O) groups is 2. The van der Waals surface area contributed by atoms with Crippen LogP contribution in [0.1, 0.15) is 41.8 Å². The van der Waals surface area contributed by atoms with E-state index >= 15 is 0 Å². The summed E-state index contributed by atoms with van der Waals surface area (Å²) < 4.78 is 5.47. The molecule has 1 heterocycles. The van der Waals surface area contributed by atoms with Crippen molar-refractivity contribution in [3.8, 4) is 0 Å². The lowest BCUT2D eigenvalue weighted by molar-refractivity contribution is -0.112. The van der Waals surface area contributed by atoms with Gasteiger partial charge in [-0.05, 0) is 57.0 Å². The molecule has 0 saturated carbocycles. The van der Waals surface area contributed by atoms with E-state index in [9.17, 15) is 9.59 Å². The number of rotatable bonds is 7. The molecule has 2 aromatic carbocycles. The van der Waals surface area contributed by atoms with E-state index in [1.54, 1.807) is 12.1 Å². The van der Waals surface area contributed by atoms with E-state index in [2.05, 4.69) is 10.6 Å². The molecular formula is C23H26N2O3S. The van der Waals surface area contributed by atoms with Crippen LogP contribution in [0, 0.1) is 6.92 Å². The van der Waals surface area contributed by atoms with Crippen LogP contribution in [0.5, 0.6) is 0 Å². The summed E-state index contributed by atoms with van der Waals surface area (Å²) >= 11 is 1.41. The molecule has 2 amide bonds. The topological polar surface area (TPSA) is 67.4 Å². The third-order valence-electron chi connectivity index (χ3n) is 4.33. The monoisotopic (exact) mass is 410 g/mol. The van der Waals surface area contributed by atoms with Crippen LogP contribution in [0.15, 0.2) is 52.3 Å². The van der Waals surface area contributed by atoms with Crippen molar-refractivity contribution in [2.75, 3.05) is 18.5 Å². The molecule has 3 rings (SSSR count). The number of anilines is 1. The Morgan fingerprint density at radius 2 is 2.07 bits per heavy atom. The molecule has 0 saturated heterocycles. The molecule has 1 aliphatic heterocycles. The van der Waals surface area contributed by atoms with E-state index in [1.165, 1.54) is 11.8 Å². The molecule has 2 N–H and O–H groups in total. The van der Waals surface area contributed by atoms with E-state index in [-0.39, 0.29) is 17.9 Å². The smallest absolute Gasteiger partial charge is 0.262 e. The fourth-order valence-corrected chi connectivity index (χ4v) is 3.84. The second-order valence-electron chi connectivity index (χ2n) is 7.22. The number of amides is 2. The number of hydrogen-bond acceptors (Lipinski definition) is 4. The van der Waals surface area contributed by atoms with Crippen LogP contribution in [0.4, 0.5) is 5.69 Å². The minimum Gasteiger partial charge on any atom is -0.379 e. The van der Waals surface area contributed by atoms with Gasteiger partial charge in [-0.3, -0.25) is 9.59 Å². The molecule has 0 atom stereocenters. The maximum atomic E-state index is 12.5. The third-order valence-corrected chi connectivity index (χ3v) is 5.43. The zero-order valence-corrected chi connectivity index (χ0v) is 17.8. The average molecular weight is 411 g/mol. The van der Waals surface area contributed by atoms with E-state index < -0.39 is 0 Å². The predicted octanol–water partition coefficient (Wildman–Crippen LogP) is 4.63. The van der Waals surface area contributed by atoms with Gasteiger partial charge in [0.2, 0.25) is 0 Å². The van der Waals surface area contributed by atoms with E-state index in [0.717, 1.165) is 22.4 Å². The van der Waals surface area contributed by atoms with Crippen molar-refractivity contribution in [3.63, 3.8) is 0 Å². The first-order valence-electron chi connectivity index (χ1n) is 9.74. The maximum absolute atomic E-state index is 12.5. The SMILES string of the molecule is Cc1cccc(C=C2Sc3ccc(C(=O)NCCCOC(C)C)cc3NC2=O)c1. The molecule has 0 unspecified atom stereocenters. The number of carbonyl (C=O) groups excluding carboxylic acids is 2. The Morgan fingerprint density at radius 3 is 2.83 bits per heavy atom. The summed E-state index contributed by atoms with van der Waals surface area (Å²) in [6.07, 6.45) is 2.84. The number of nitrogens with one attached hydrogen (secondary N) is 2. The van der Waals surface area contributed by atoms with Crippen LogP contribution in [0.25, 0.3) is 6.08 Å². The van der Waals surface area contributed by atoms with Gasteiger partial charge in [0.05, 0.1) is 16.7 Å². The summed E-state index contributed by atoms with van der Waals surface area (Å²) in [5.41, 5.74) is 3.33. The molecule has 1 aliphatic rings. The van der Waals surface area contributed by atoms with Gasteiger partial charge in [0, 0.05) is 23.6 Å². The van der Waals surface area contributed by atoms with Gasteiger partial charge in [0.1, 0.15) is 0 Å². The van der Waals surface area contributed by atoms with Crippen molar-refractivity contribution >= 4 is 35.3 Å². The first kappa shape index (κ1) is 21.1. The Kier molecular flexibility index (Phi) is 7.12. The summed E-state index contributed by atoms with van der Waals surface area (Å²) in [6, 6.07) is 13.4. The quantitative estimate of drug-likeness (QED) is 0.516. The molecule has 152 valence electrons. The molecule has 2 aromatic rings. The summed E-state index contributed by atoms with van der Waals surface area (Å²) in [7, 11) is 0. The first-order chi connectivity index (χ1) is 13.9. The maximum Gasteiger partial charge on any atom is 0.262 e. The van der Waals surface area contributed by atoms with Crippen LogP contribution in [0.3, 0.4) is 0 Å². The lowest BCUT2D eigenvalue weighted by Crippen LogP contribution is -2.26. The molecule has 0 fully saturated rings. The molecule has 0 spiro atoms. The number of thioether (sulfide) groups is 1. The van der Waals surface area contributed by atoms with Crippen molar-refractivity contribution in [1.29, 1.82) is 0 Å². The van der Waals surface area contributed by atoms with Gasteiger partial charge < -0.3 is 15.4 Å². The van der Waals surface area contributed by atoms with Crippen molar-refractivity contribution in [2.24, 2.45) is 0 Å². The molecule has 6 heteroatoms. The Hall–Kier alpha value is -2.57. The fraction of sp³-hybridized carbons (Fsp3) is 0.304. The van der Waals surface area contributed by atoms with Crippen LogP contribution in [0.2, 0.25) is 0 Å². The van der Waals surface area contributed by atoms with Crippen LogP contribution < -0.4 is 10.6 Å². The van der Waals surface area contributed by atoms with Gasteiger partial charge >= 0.3 is 0 Å². The number of benzene rings is 2. The molecule has 0 bridgehead atoms. The Morgan fingerprint density at radius 1 is 1.24 bits per heavy atom. The normalized spacial score (nSPS) is 14.6. The minimum atomic E-state index is -0.160. The predicted molar refractivity (Wildman–Crippen MR) is 118 cm³/mol. The van der Waals surface area contributed by atoms with Crippen molar-refractivity contribution in [3.05, 3.63) is 64.1 Å². The molecule has 5 nitrogen and oxygen atoms in total. The number of fused-ring (bicyclic) bond motifs is 1. The van der Waals surface area contributed by atoms with E-state index in [0.29, 0.717) is 29.3 Å². The van der Waals surface area contributed by atoms with E-state index in [1.807, 2.05) is 57.2 Å². The van der Waals surface area contributed by atoms with Gasteiger partial charge in [-0.1, -0.05) is 41.6 Å². The minimum absolute atomic E-state index is 0.155. The molecule has 0 radical (unpaired) electrons. The number of ether oxygens (including phenoxy) is 1. The lowest BCUT2D eigenvalue weighted by Gasteiger charge is -2.19. The van der Waals surface area contributed by atoms with Crippen molar-refractivity contribution < 1.29 is 14.3 Å². The second kappa shape index (κ2) is 9.76. The van der Waals surface area contributed by atoms with Crippen LogP contribution in [-0.4, -0.2) is 31.1 Å². The zero-order chi connectivity index (χ0) is 20.8. The van der Waals surface area contributed by atoms with Gasteiger partial charge in [-0.15, -0.1) is 0 Å². The van der Waals surface area contributed by atoms with E-state index in [4.69, 9.17) is 4.74 Å². The summed E-state index contributed by atoms with van der Waals surface area (Å²) in [6.45, 7) is 7.16. The fourth-order valence-electron chi connectivity index (χ4n) is 2.91. The highest BCUT2D eigenvalue weighted by atomic mass is 32.2. The van der Waals surface area contributed by atoms with Gasteiger partial charge in [-0.25, -0.2) is 0 Å². The largest absolute Gasteiger partial charge is 0.379 e. The Bertz CT molecular complexity index is 937. The highest BCUT2D eigenvalue weighted by molar-refractivity contribution is 8.04. The molecular weight excluding hydrogens is 384 g/mol. The Balaban J connectivity index is 1.64. The van der Waals surface area contributed by atoms with Gasteiger partial charge in [0.15, 0.2) is 0 Å². The third kappa shape index (κ3) is 5.95. The van der Waals surface area contributed by atoms with Gasteiger partial charge in [-0.2, -0.15) is 0 Å². The van der Waals surface area contributed by atoms with Crippen LogP contribution in [-0.2, 0) is 9.53 Å². The standard InChI is InChI=1S/C23H26N2O3S/c1-15(2)28-11-5-10-24-22(26)18-8-9-20-19(14-18)25-23(27)21(29-20)13-17-7-4-6-16(3)12-17/h4,6-9,12-15H,5,10-11H2,1-3H3,(H,24,26)(H,25,27). The zero-order valence-electron chi connectivity index (χ0n) is 17.0. The summed E-state index contributed by atoms with van der Waals surface area (Å²) in [5, 5.41) is 5.79. The molecule has 0 aromatic heterocycles. The molecule has 0 aliphatic carbocycles. The highest BCUT2D eigenvalue weighted by Gasteiger charge is 2.22. The number of aryl methyl sites for hydroxylation is 1. The summed E-state index contributed by atoms with van der Waals surface area (Å²) in [4.78, 5) is 26.4. The average Bonchev–Trinajstić information content (AvgIpc) is 2.67. The van der Waals surface area contributed by atoms with Crippen molar-refractivity contribution in [2.45, 2.75) is 38.2 Å². The summed E-state index contributed by atoms with van der Waals surface area (Å²) in [5.74, 6) is -0.315. The van der Waals surface area contributed by atoms with Gasteiger partial charge in [0.25, 0.3) is 11.8 Å².